The lowest BCUT2D eigenvalue weighted by Crippen LogP contribution is -2.44. The molecule has 19 heavy (non-hydrogen) atoms. The molecule has 1 aliphatic heterocycles. The average molecular weight is 267 g/mol. The van der Waals surface area contributed by atoms with Crippen molar-refractivity contribution in [2.24, 2.45) is 11.8 Å². The number of anilines is 2. The minimum absolute atomic E-state index is 0.197. The van der Waals surface area contributed by atoms with Crippen molar-refractivity contribution in [3.8, 4) is 5.75 Å². The molecule has 1 fully saturated rings. The van der Waals surface area contributed by atoms with Gasteiger partial charge in [-0.25, -0.2) is 15.8 Å². The van der Waals surface area contributed by atoms with Gasteiger partial charge in [-0.3, -0.25) is 0 Å². The van der Waals surface area contributed by atoms with Crippen LogP contribution in [0.2, 0.25) is 0 Å². The zero-order valence-electron chi connectivity index (χ0n) is 11.6. The van der Waals surface area contributed by atoms with Crippen molar-refractivity contribution in [2.45, 2.75) is 19.4 Å². The Labute approximate surface area is 113 Å². The number of hydrogen-bond acceptors (Lipinski definition) is 7. The summed E-state index contributed by atoms with van der Waals surface area (Å²) in [7, 11) is 3.33. The molecule has 1 aromatic rings. The fourth-order valence-electron chi connectivity index (χ4n) is 2.41. The molecule has 0 spiro atoms. The molecule has 0 saturated carbocycles. The van der Waals surface area contributed by atoms with E-state index in [9.17, 15) is 0 Å². The van der Waals surface area contributed by atoms with E-state index in [-0.39, 0.29) is 6.10 Å². The van der Waals surface area contributed by atoms with E-state index in [1.54, 1.807) is 14.2 Å². The van der Waals surface area contributed by atoms with E-state index in [1.807, 2.05) is 0 Å². The van der Waals surface area contributed by atoms with E-state index in [4.69, 9.17) is 15.3 Å². The molecular weight excluding hydrogens is 246 g/mol. The minimum Gasteiger partial charge on any atom is -0.490 e. The molecule has 7 heteroatoms. The Morgan fingerprint density at radius 2 is 2.21 bits per heavy atom. The topological polar surface area (TPSA) is 85.5 Å². The van der Waals surface area contributed by atoms with Crippen LogP contribution in [0.4, 0.5) is 11.6 Å². The third kappa shape index (κ3) is 2.71. The first-order valence-corrected chi connectivity index (χ1v) is 6.34. The summed E-state index contributed by atoms with van der Waals surface area (Å²) >= 11 is 0. The van der Waals surface area contributed by atoms with Crippen LogP contribution in [-0.2, 0) is 4.74 Å². The monoisotopic (exact) mass is 267 g/mol. The van der Waals surface area contributed by atoms with Crippen LogP contribution in [-0.4, -0.2) is 43.4 Å². The van der Waals surface area contributed by atoms with Crippen LogP contribution in [0.15, 0.2) is 6.33 Å². The van der Waals surface area contributed by atoms with Gasteiger partial charge in [-0.05, 0) is 12.3 Å². The van der Waals surface area contributed by atoms with Crippen LogP contribution >= 0.6 is 0 Å². The second-order valence-corrected chi connectivity index (χ2v) is 4.71. The summed E-state index contributed by atoms with van der Waals surface area (Å²) in [5.74, 6) is 7.78. The first-order valence-electron chi connectivity index (χ1n) is 6.34. The van der Waals surface area contributed by atoms with E-state index in [0.717, 1.165) is 25.3 Å². The Morgan fingerprint density at radius 3 is 2.84 bits per heavy atom. The van der Waals surface area contributed by atoms with Gasteiger partial charge in [0.25, 0.3) is 0 Å². The van der Waals surface area contributed by atoms with Gasteiger partial charge in [0, 0.05) is 20.2 Å². The smallest absolute Gasteiger partial charge is 0.205 e. The van der Waals surface area contributed by atoms with Crippen LogP contribution < -0.4 is 20.9 Å². The molecule has 2 rings (SSSR count). The Kier molecular flexibility index (Phi) is 4.39. The molecule has 1 aromatic heterocycles. The summed E-state index contributed by atoms with van der Waals surface area (Å²) in [5.41, 5.74) is 2.53. The summed E-state index contributed by atoms with van der Waals surface area (Å²) in [6.45, 7) is 3.91. The maximum Gasteiger partial charge on any atom is 0.205 e. The number of nitrogen functional groups attached to an aromatic ring is 1. The zero-order valence-corrected chi connectivity index (χ0v) is 11.6. The number of ether oxygens (including phenoxy) is 2. The van der Waals surface area contributed by atoms with Gasteiger partial charge in [-0.1, -0.05) is 6.92 Å². The summed E-state index contributed by atoms with van der Waals surface area (Å²) in [4.78, 5) is 10.5. The van der Waals surface area contributed by atoms with Crippen LogP contribution in [0.25, 0.3) is 0 Å². The Bertz CT molecular complexity index is 429. The second kappa shape index (κ2) is 6.03. The van der Waals surface area contributed by atoms with E-state index >= 15 is 0 Å². The van der Waals surface area contributed by atoms with Gasteiger partial charge in [0.05, 0.1) is 13.2 Å². The predicted octanol–water partition coefficient (Wildman–Crippen LogP) is 0.632. The first-order chi connectivity index (χ1) is 9.21. The molecule has 2 unspecified atom stereocenters. The molecule has 0 bridgehead atoms. The Morgan fingerprint density at radius 1 is 1.42 bits per heavy atom. The van der Waals surface area contributed by atoms with Crippen molar-refractivity contribution in [3.63, 3.8) is 0 Å². The average Bonchev–Trinajstić information content (AvgIpc) is 2.46. The van der Waals surface area contributed by atoms with Gasteiger partial charge in [-0.15, -0.1) is 0 Å². The van der Waals surface area contributed by atoms with Crippen molar-refractivity contribution in [2.75, 3.05) is 37.6 Å². The SMILES string of the molecule is COc1c(NN)ncnc1N1CCC(C)C(OC)C1. The second-order valence-electron chi connectivity index (χ2n) is 4.71. The predicted molar refractivity (Wildman–Crippen MR) is 73.2 cm³/mol. The number of piperidine rings is 1. The number of aromatic nitrogens is 2. The molecule has 0 radical (unpaired) electrons. The standard InChI is InChI=1S/C12H21N5O2/c1-8-4-5-17(6-9(8)18-2)12-10(19-3)11(16-13)14-7-15-12/h7-9H,4-6,13H2,1-3H3,(H,14,15,16). The van der Waals surface area contributed by atoms with Gasteiger partial charge in [0.15, 0.2) is 11.6 Å². The number of nitrogens with one attached hydrogen (secondary N) is 1. The van der Waals surface area contributed by atoms with Crippen molar-refractivity contribution in [1.82, 2.24) is 9.97 Å². The maximum atomic E-state index is 5.52. The highest BCUT2D eigenvalue weighted by molar-refractivity contribution is 5.64. The number of nitrogens with zero attached hydrogens (tertiary/aromatic N) is 3. The molecule has 0 amide bonds. The van der Waals surface area contributed by atoms with Gasteiger partial charge < -0.3 is 19.8 Å². The molecule has 2 heterocycles. The van der Waals surface area contributed by atoms with Crippen molar-refractivity contribution in [3.05, 3.63) is 6.33 Å². The molecule has 2 atom stereocenters. The van der Waals surface area contributed by atoms with E-state index in [1.165, 1.54) is 6.33 Å². The molecule has 3 N–H and O–H groups in total. The molecule has 106 valence electrons. The normalized spacial score (nSPS) is 23.3. The summed E-state index contributed by atoms with van der Waals surface area (Å²) in [5, 5.41) is 0. The number of nitrogens with two attached hydrogens (primary N) is 1. The number of hydrazine groups is 1. The van der Waals surface area contributed by atoms with E-state index in [2.05, 4.69) is 27.2 Å². The Balaban J connectivity index is 2.26. The summed E-state index contributed by atoms with van der Waals surface area (Å²) in [6.07, 6.45) is 2.73. The van der Waals surface area contributed by atoms with Gasteiger partial charge in [0.2, 0.25) is 5.75 Å². The van der Waals surface area contributed by atoms with E-state index < -0.39 is 0 Å². The largest absolute Gasteiger partial charge is 0.490 e. The molecule has 0 aromatic carbocycles. The minimum atomic E-state index is 0.197. The third-order valence-corrected chi connectivity index (χ3v) is 3.62. The van der Waals surface area contributed by atoms with Gasteiger partial charge >= 0.3 is 0 Å². The third-order valence-electron chi connectivity index (χ3n) is 3.62. The number of methoxy groups -OCH3 is 2. The van der Waals surface area contributed by atoms with Gasteiger partial charge in [0.1, 0.15) is 6.33 Å². The van der Waals surface area contributed by atoms with Crippen molar-refractivity contribution >= 4 is 11.6 Å². The zero-order chi connectivity index (χ0) is 13.8. The Hall–Kier alpha value is -1.60. The van der Waals surface area contributed by atoms with Gasteiger partial charge in [-0.2, -0.15) is 0 Å². The highest BCUT2D eigenvalue weighted by Gasteiger charge is 2.29. The van der Waals surface area contributed by atoms with Crippen LogP contribution in [0.1, 0.15) is 13.3 Å². The van der Waals surface area contributed by atoms with Crippen LogP contribution in [0, 0.1) is 5.92 Å². The lowest BCUT2D eigenvalue weighted by Gasteiger charge is -2.37. The number of hydrogen-bond donors (Lipinski definition) is 2. The molecule has 1 aliphatic rings. The molecule has 1 saturated heterocycles. The lowest BCUT2D eigenvalue weighted by atomic mass is 9.96. The highest BCUT2D eigenvalue weighted by Crippen LogP contribution is 2.34. The van der Waals surface area contributed by atoms with Crippen molar-refractivity contribution < 1.29 is 9.47 Å². The molecule has 0 aliphatic carbocycles. The van der Waals surface area contributed by atoms with E-state index in [0.29, 0.717) is 17.5 Å². The fourth-order valence-corrected chi connectivity index (χ4v) is 2.41. The lowest BCUT2D eigenvalue weighted by molar-refractivity contribution is 0.0495. The maximum absolute atomic E-state index is 5.52. The number of rotatable bonds is 4. The molecule has 7 nitrogen and oxygen atoms in total. The summed E-state index contributed by atoms with van der Waals surface area (Å²) in [6, 6.07) is 0. The van der Waals surface area contributed by atoms with Crippen LogP contribution in [0.5, 0.6) is 5.75 Å². The highest BCUT2D eigenvalue weighted by atomic mass is 16.5. The summed E-state index contributed by atoms with van der Waals surface area (Å²) < 4.78 is 10.9. The fraction of sp³-hybridized carbons (Fsp3) is 0.667. The quantitative estimate of drug-likeness (QED) is 0.611. The van der Waals surface area contributed by atoms with Crippen LogP contribution in [0.3, 0.4) is 0 Å². The molecular formula is C12H21N5O2. The van der Waals surface area contributed by atoms with Crippen molar-refractivity contribution in [1.29, 1.82) is 0 Å². The first kappa shape index (κ1) is 13.8.